The van der Waals surface area contributed by atoms with Gasteiger partial charge in [-0.25, -0.2) is 8.42 Å². The second-order valence-corrected chi connectivity index (χ2v) is 7.14. The number of nitrogens with two attached hydrogens (primary N) is 1. The average molecular weight is 298 g/mol. The van der Waals surface area contributed by atoms with Crippen LogP contribution >= 0.6 is 0 Å². The summed E-state index contributed by atoms with van der Waals surface area (Å²) in [5, 5.41) is 0. The molecule has 20 heavy (non-hydrogen) atoms. The van der Waals surface area contributed by atoms with Crippen molar-refractivity contribution in [2.75, 3.05) is 30.0 Å². The molecule has 0 unspecified atom stereocenters. The van der Waals surface area contributed by atoms with Gasteiger partial charge in [0.05, 0.1) is 16.3 Å². The van der Waals surface area contributed by atoms with E-state index in [0.717, 1.165) is 44.5 Å². The van der Waals surface area contributed by atoms with E-state index >= 15 is 0 Å². The third-order valence-electron chi connectivity index (χ3n) is 3.35. The Morgan fingerprint density at radius 1 is 1.10 bits per heavy atom. The molecule has 0 bridgehead atoms. The zero-order valence-corrected chi connectivity index (χ0v) is 13.5. The highest BCUT2D eigenvalue weighted by molar-refractivity contribution is 7.90. The zero-order valence-electron chi connectivity index (χ0n) is 12.7. The molecule has 0 atom stereocenters. The van der Waals surface area contributed by atoms with Gasteiger partial charge in [-0.1, -0.05) is 32.8 Å². The number of anilines is 2. The van der Waals surface area contributed by atoms with E-state index in [1.807, 2.05) is 6.07 Å². The van der Waals surface area contributed by atoms with Crippen LogP contribution in [0.2, 0.25) is 0 Å². The molecule has 0 aliphatic carbocycles. The van der Waals surface area contributed by atoms with Crippen molar-refractivity contribution in [3.63, 3.8) is 0 Å². The summed E-state index contributed by atoms with van der Waals surface area (Å²) in [6.07, 6.45) is 5.56. The van der Waals surface area contributed by atoms with Gasteiger partial charge in [0.1, 0.15) is 0 Å². The number of rotatable bonds is 8. The Morgan fingerprint density at radius 2 is 1.65 bits per heavy atom. The molecule has 0 amide bonds. The minimum atomic E-state index is -3.28. The Morgan fingerprint density at radius 3 is 2.10 bits per heavy atom. The first kappa shape index (κ1) is 16.8. The van der Waals surface area contributed by atoms with Gasteiger partial charge in [-0.3, -0.25) is 0 Å². The smallest absolute Gasteiger partial charge is 0.177 e. The molecular formula is C15H26N2O2S. The molecule has 0 aromatic heterocycles. The molecule has 0 radical (unpaired) electrons. The van der Waals surface area contributed by atoms with Gasteiger partial charge in [0, 0.05) is 19.3 Å². The van der Waals surface area contributed by atoms with Crippen LogP contribution in [0.1, 0.15) is 39.5 Å². The van der Waals surface area contributed by atoms with Crippen LogP contribution < -0.4 is 10.6 Å². The number of benzene rings is 1. The maximum absolute atomic E-state index is 11.8. The summed E-state index contributed by atoms with van der Waals surface area (Å²) in [5.41, 5.74) is 7.31. The Bertz CT molecular complexity index is 519. The Kier molecular flexibility index (Phi) is 6.33. The Labute approximate surface area is 122 Å². The van der Waals surface area contributed by atoms with Crippen molar-refractivity contribution < 1.29 is 8.42 Å². The summed E-state index contributed by atoms with van der Waals surface area (Å²) in [4.78, 5) is 2.43. The van der Waals surface area contributed by atoms with Crippen LogP contribution in [0.3, 0.4) is 0 Å². The molecule has 0 heterocycles. The van der Waals surface area contributed by atoms with Gasteiger partial charge in [0.15, 0.2) is 9.84 Å². The molecule has 0 fully saturated rings. The quantitative estimate of drug-likeness (QED) is 0.749. The largest absolute Gasteiger partial charge is 0.396 e. The molecule has 0 saturated carbocycles. The van der Waals surface area contributed by atoms with Crippen LogP contribution in [0.15, 0.2) is 23.1 Å². The maximum Gasteiger partial charge on any atom is 0.177 e. The van der Waals surface area contributed by atoms with Crippen LogP contribution in [0.25, 0.3) is 0 Å². The summed E-state index contributed by atoms with van der Waals surface area (Å²) >= 11 is 0. The fraction of sp³-hybridized carbons (Fsp3) is 0.600. The number of hydrogen-bond acceptors (Lipinski definition) is 4. The lowest BCUT2D eigenvalue weighted by Gasteiger charge is -2.26. The number of hydrogen-bond donors (Lipinski definition) is 1. The van der Waals surface area contributed by atoms with E-state index in [1.54, 1.807) is 12.1 Å². The number of sulfone groups is 1. The fourth-order valence-corrected chi connectivity index (χ4v) is 3.01. The fourth-order valence-electron chi connectivity index (χ4n) is 2.18. The first-order valence-corrected chi connectivity index (χ1v) is 9.14. The van der Waals surface area contributed by atoms with Crippen molar-refractivity contribution >= 4 is 21.2 Å². The standard InChI is InChI=1S/C15H26N2O2S/c1-4-6-11-17(12-7-5-2)13-9-8-10-14(15(13)16)20(3,18)19/h8-10H,4-7,11-12,16H2,1-3H3. The van der Waals surface area contributed by atoms with E-state index in [4.69, 9.17) is 5.73 Å². The predicted octanol–water partition coefficient (Wildman–Crippen LogP) is 3.08. The Hall–Kier alpha value is -1.23. The summed E-state index contributed by atoms with van der Waals surface area (Å²) in [7, 11) is -3.28. The van der Waals surface area contributed by atoms with E-state index in [9.17, 15) is 8.42 Å². The molecule has 4 nitrogen and oxygen atoms in total. The van der Waals surface area contributed by atoms with Crippen molar-refractivity contribution in [1.29, 1.82) is 0 Å². The molecule has 0 spiro atoms. The van der Waals surface area contributed by atoms with Gasteiger partial charge in [0.25, 0.3) is 0 Å². The van der Waals surface area contributed by atoms with Crippen molar-refractivity contribution in [3.8, 4) is 0 Å². The normalized spacial score (nSPS) is 11.6. The molecule has 0 aliphatic rings. The van der Waals surface area contributed by atoms with Crippen molar-refractivity contribution in [2.24, 2.45) is 0 Å². The first-order valence-electron chi connectivity index (χ1n) is 7.25. The van der Waals surface area contributed by atoms with Gasteiger partial charge in [-0.05, 0) is 25.0 Å². The first-order chi connectivity index (χ1) is 9.41. The maximum atomic E-state index is 11.8. The minimum absolute atomic E-state index is 0.230. The molecule has 114 valence electrons. The second kappa shape index (κ2) is 7.53. The lowest BCUT2D eigenvalue weighted by molar-refractivity contribution is 0.602. The zero-order chi connectivity index (χ0) is 15.2. The van der Waals surface area contributed by atoms with E-state index in [2.05, 4.69) is 18.7 Å². The van der Waals surface area contributed by atoms with Crippen molar-refractivity contribution in [2.45, 2.75) is 44.4 Å². The van der Waals surface area contributed by atoms with Crippen LogP contribution in [0.4, 0.5) is 11.4 Å². The van der Waals surface area contributed by atoms with E-state index in [0.29, 0.717) is 5.69 Å². The summed E-state index contributed by atoms with van der Waals surface area (Å²) in [6, 6.07) is 5.26. The van der Waals surface area contributed by atoms with Gasteiger partial charge >= 0.3 is 0 Å². The predicted molar refractivity (Wildman–Crippen MR) is 86.0 cm³/mol. The summed E-state index contributed by atoms with van der Waals surface area (Å²) < 4.78 is 23.5. The average Bonchev–Trinajstić information content (AvgIpc) is 2.38. The van der Waals surface area contributed by atoms with Crippen LogP contribution in [-0.2, 0) is 9.84 Å². The minimum Gasteiger partial charge on any atom is -0.396 e. The topological polar surface area (TPSA) is 63.4 Å². The van der Waals surface area contributed by atoms with Gasteiger partial charge < -0.3 is 10.6 Å². The second-order valence-electron chi connectivity index (χ2n) is 5.16. The molecule has 5 heteroatoms. The highest BCUT2D eigenvalue weighted by Crippen LogP contribution is 2.30. The lowest BCUT2D eigenvalue weighted by Crippen LogP contribution is -2.27. The van der Waals surface area contributed by atoms with Gasteiger partial charge in [-0.15, -0.1) is 0 Å². The number of nitrogens with zero attached hydrogens (tertiary/aromatic N) is 1. The monoisotopic (exact) mass is 298 g/mol. The molecule has 1 aromatic carbocycles. The summed E-state index contributed by atoms with van der Waals surface area (Å²) in [6.45, 7) is 6.12. The SMILES string of the molecule is CCCCN(CCCC)c1cccc(S(C)(=O)=O)c1N. The number of nitrogen functional groups attached to an aromatic ring is 1. The van der Waals surface area contributed by atoms with E-state index in [1.165, 1.54) is 6.26 Å². The molecule has 1 rings (SSSR count). The molecule has 0 aliphatic heterocycles. The molecule has 1 aromatic rings. The molecular weight excluding hydrogens is 272 g/mol. The van der Waals surface area contributed by atoms with Crippen LogP contribution in [0, 0.1) is 0 Å². The van der Waals surface area contributed by atoms with Gasteiger partial charge in [-0.2, -0.15) is 0 Å². The molecule has 0 saturated heterocycles. The Balaban J connectivity index is 3.12. The van der Waals surface area contributed by atoms with E-state index in [-0.39, 0.29) is 4.90 Å². The lowest BCUT2D eigenvalue weighted by atomic mass is 10.2. The van der Waals surface area contributed by atoms with Crippen LogP contribution in [-0.4, -0.2) is 27.8 Å². The summed E-state index contributed by atoms with van der Waals surface area (Å²) in [5.74, 6) is 0. The van der Waals surface area contributed by atoms with Crippen LogP contribution in [0.5, 0.6) is 0 Å². The van der Waals surface area contributed by atoms with Crippen molar-refractivity contribution in [3.05, 3.63) is 18.2 Å². The third kappa shape index (κ3) is 4.40. The number of para-hydroxylation sites is 1. The third-order valence-corrected chi connectivity index (χ3v) is 4.50. The highest BCUT2D eigenvalue weighted by Gasteiger charge is 2.17. The van der Waals surface area contributed by atoms with E-state index < -0.39 is 9.84 Å². The highest BCUT2D eigenvalue weighted by atomic mass is 32.2. The van der Waals surface area contributed by atoms with Crippen molar-refractivity contribution in [1.82, 2.24) is 0 Å². The number of unbranched alkanes of at least 4 members (excludes halogenated alkanes) is 2. The van der Waals surface area contributed by atoms with Gasteiger partial charge in [0.2, 0.25) is 0 Å². The molecule has 2 N–H and O–H groups in total.